The van der Waals surface area contributed by atoms with E-state index in [-0.39, 0.29) is 6.42 Å². The quantitative estimate of drug-likeness (QED) is 0.490. The lowest BCUT2D eigenvalue weighted by molar-refractivity contribution is -0.136. The van der Waals surface area contributed by atoms with E-state index in [0.29, 0.717) is 37.6 Å². The van der Waals surface area contributed by atoms with Crippen molar-refractivity contribution in [2.45, 2.75) is 37.6 Å². The molecule has 0 aliphatic carbocycles. The molecule has 1 saturated heterocycles. The number of aliphatic carboxylic acids is 1. The molecule has 1 N–H and O–H groups in total. The minimum atomic E-state index is -3.50. The number of aryl methyl sites for hydroxylation is 3. The van der Waals surface area contributed by atoms with Gasteiger partial charge >= 0.3 is 5.97 Å². The van der Waals surface area contributed by atoms with Crippen molar-refractivity contribution in [1.29, 1.82) is 0 Å². The largest absolute Gasteiger partial charge is 0.481 e. The van der Waals surface area contributed by atoms with Crippen molar-refractivity contribution in [3.05, 3.63) is 101 Å². The minimum Gasteiger partial charge on any atom is -0.481 e. The number of carboxylic acid groups (broad SMARTS) is 1. The molecule has 0 bridgehead atoms. The van der Waals surface area contributed by atoms with E-state index in [1.807, 2.05) is 49.4 Å². The third kappa shape index (κ3) is 6.57. The number of carboxylic acids is 1. The van der Waals surface area contributed by atoms with Crippen LogP contribution >= 0.6 is 0 Å². The Morgan fingerprint density at radius 2 is 1.51 bits per heavy atom. The molecule has 1 aliphatic rings. The highest BCUT2D eigenvalue weighted by Gasteiger charge is 2.28. The van der Waals surface area contributed by atoms with Crippen LogP contribution in [0.25, 0.3) is 0 Å². The molecule has 0 radical (unpaired) electrons. The van der Waals surface area contributed by atoms with Gasteiger partial charge in [0.05, 0.1) is 11.3 Å². The molecule has 4 rings (SSSR count). The van der Waals surface area contributed by atoms with Crippen LogP contribution in [0.15, 0.2) is 77.7 Å². The monoisotopic (exact) mass is 492 g/mol. The summed E-state index contributed by atoms with van der Waals surface area (Å²) in [5, 5.41) is 9.24. The van der Waals surface area contributed by atoms with Gasteiger partial charge in [0.2, 0.25) is 10.0 Å². The summed E-state index contributed by atoms with van der Waals surface area (Å²) >= 11 is 0. The molecule has 0 spiro atoms. The summed E-state index contributed by atoms with van der Waals surface area (Å²) in [7, 11) is -3.50. The van der Waals surface area contributed by atoms with Crippen LogP contribution in [-0.4, -0.2) is 54.9 Å². The maximum atomic E-state index is 13.0. The molecule has 0 unspecified atom stereocenters. The second-order valence-electron chi connectivity index (χ2n) is 9.15. The van der Waals surface area contributed by atoms with E-state index in [1.165, 1.54) is 11.1 Å². The van der Waals surface area contributed by atoms with Gasteiger partial charge in [0.1, 0.15) is 0 Å². The molecule has 0 amide bonds. The van der Waals surface area contributed by atoms with Crippen LogP contribution in [-0.2, 0) is 40.6 Å². The van der Waals surface area contributed by atoms with E-state index in [1.54, 1.807) is 16.4 Å². The van der Waals surface area contributed by atoms with Crippen molar-refractivity contribution in [2.75, 3.05) is 26.2 Å². The molecule has 1 aliphatic heterocycles. The fourth-order valence-corrected chi connectivity index (χ4v) is 5.93. The Hall–Kier alpha value is -3.00. The number of benzene rings is 3. The van der Waals surface area contributed by atoms with Crippen molar-refractivity contribution < 1.29 is 18.3 Å². The predicted octanol–water partition coefficient (Wildman–Crippen LogP) is 3.91. The topological polar surface area (TPSA) is 77.9 Å². The van der Waals surface area contributed by atoms with E-state index < -0.39 is 16.0 Å². The normalized spacial score (nSPS) is 15.2. The summed E-state index contributed by atoms with van der Waals surface area (Å²) < 4.78 is 27.6. The van der Waals surface area contributed by atoms with E-state index in [4.69, 9.17) is 0 Å². The average Bonchev–Trinajstić information content (AvgIpc) is 2.84. The average molecular weight is 493 g/mol. The fraction of sp³-hybridized carbons (Fsp3) is 0.321. The highest BCUT2D eigenvalue weighted by atomic mass is 32.2. The van der Waals surface area contributed by atoms with Crippen LogP contribution in [0.2, 0.25) is 0 Å². The van der Waals surface area contributed by atoms with Gasteiger partial charge in [-0.3, -0.25) is 9.69 Å². The van der Waals surface area contributed by atoms with Crippen LogP contribution in [0.5, 0.6) is 0 Å². The summed E-state index contributed by atoms with van der Waals surface area (Å²) in [5.74, 6) is -0.845. The van der Waals surface area contributed by atoms with Gasteiger partial charge in [-0.05, 0) is 54.2 Å². The first kappa shape index (κ1) is 25.1. The summed E-state index contributed by atoms with van der Waals surface area (Å²) in [6, 6.07) is 23.3. The van der Waals surface area contributed by atoms with E-state index >= 15 is 0 Å². The standard InChI is InChI=1S/C28H32N2O4S/c1-22-7-13-27(14-8-22)35(33,34)30-17-15-29(16-18-30)21-26-19-24(20-28(31)32)10-12-25(26)11-9-23-5-3-2-4-6-23/h2-8,10,12-14,19H,9,11,15-18,20-21H2,1H3,(H,31,32). The Kier molecular flexibility index (Phi) is 8.00. The van der Waals surface area contributed by atoms with Gasteiger partial charge < -0.3 is 5.11 Å². The van der Waals surface area contributed by atoms with Gasteiger partial charge in [0, 0.05) is 32.7 Å². The number of rotatable bonds is 9. The predicted molar refractivity (Wildman–Crippen MR) is 137 cm³/mol. The SMILES string of the molecule is Cc1ccc(S(=O)(=O)N2CCN(Cc3cc(CC(=O)O)ccc3CCc3ccccc3)CC2)cc1. The van der Waals surface area contributed by atoms with E-state index in [9.17, 15) is 18.3 Å². The van der Waals surface area contributed by atoms with Crippen LogP contribution in [0, 0.1) is 6.92 Å². The van der Waals surface area contributed by atoms with Gasteiger partial charge in [-0.15, -0.1) is 0 Å². The van der Waals surface area contributed by atoms with Gasteiger partial charge in [-0.2, -0.15) is 4.31 Å². The van der Waals surface area contributed by atoms with Crippen molar-refractivity contribution in [3.63, 3.8) is 0 Å². The molecule has 35 heavy (non-hydrogen) atoms. The molecule has 6 nitrogen and oxygen atoms in total. The third-order valence-corrected chi connectivity index (χ3v) is 8.45. The number of piperazine rings is 1. The van der Waals surface area contributed by atoms with Crippen LogP contribution in [0.3, 0.4) is 0 Å². The maximum Gasteiger partial charge on any atom is 0.307 e. The van der Waals surface area contributed by atoms with Gasteiger partial charge in [0.15, 0.2) is 0 Å². The first-order chi connectivity index (χ1) is 16.8. The lowest BCUT2D eigenvalue weighted by Gasteiger charge is -2.34. The maximum absolute atomic E-state index is 13.0. The van der Waals surface area contributed by atoms with Crippen LogP contribution < -0.4 is 0 Å². The molecule has 1 fully saturated rings. The number of nitrogens with zero attached hydrogens (tertiary/aromatic N) is 2. The summed E-state index contributed by atoms with van der Waals surface area (Å²) in [4.78, 5) is 13.8. The smallest absolute Gasteiger partial charge is 0.307 e. The van der Waals surface area contributed by atoms with Gasteiger partial charge in [-0.1, -0.05) is 66.2 Å². The molecule has 3 aromatic rings. The molecule has 184 valence electrons. The van der Waals surface area contributed by atoms with Crippen molar-refractivity contribution >= 4 is 16.0 Å². The van der Waals surface area contributed by atoms with E-state index in [0.717, 1.165) is 29.5 Å². The number of hydrogen-bond donors (Lipinski definition) is 1. The fourth-order valence-electron chi connectivity index (χ4n) is 4.51. The highest BCUT2D eigenvalue weighted by Crippen LogP contribution is 2.22. The molecular formula is C28H32N2O4S. The van der Waals surface area contributed by atoms with Gasteiger partial charge in [0.25, 0.3) is 0 Å². The van der Waals surface area contributed by atoms with Crippen molar-refractivity contribution in [2.24, 2.45) is 0 Å². The molecule has 3 aromatic carbocycles. The Morgan fingerprint density at radius 1 is 0.829 bits per heavy atom. The highest BCUT2D eigenvalue weighted by molar-refractivity contribution is 7.89. The Labute approximate surface area is 207 Å². The zero-order chi connectivity index (χ0) is 24.8. The Bertz CT molecular complexity index is 1250. The molecule has 7 heteroatoms. The lowest BCUT2D eigenvalue weighted by atomic mass is 9.96. The second kappa shape index (κ2) is 11.2. The van der Waals surface area contributed by atoms with Crippen LogP contribution in [0.1, 0.15) is 27.8 Å². The molecule has 0 saturated carbocycles. The second-order valence-corrected chi connectivity index (χ2v) is 11.1. The van der Waals surface area contributed by atoms with Crippen molar-refractivity contribution in [3.8, 4) is 0 Å². The minimum absolute atomic E-state index is 0.00542. The first-order valence-corrected chi connectivity index (χ1v) is 13.4. The molecule has 1 heterocycles. The zero-order valence-electron chi connectivity index (χ0n) is 20.1. The Morgan fingerprint density at radius 3 is 2.17 bits per heavy atom. The van der Waals surface area contributed by atoms with Crippen molar-refractivity contribution in [1.82, 2.24) is 9.21 Å². The summed E-state index contributed by atoms with van der Waals surface area (Å²) in [6.07, 6.45) is 1.78. The molecular weight excluding hydrogens is 460 g/mol. The molecule has 0 aromatic heterocycles. The van der Waals surface area contributed by atoms with Gasteiger partial charge in [-0.25, -0.2) is 8.42 Å². The summed E-state index contributed by atoms with van der Waals surface area (Å²) in [5.41, 5.74) is 5.41. The summed E-state index contributed by atoms with van der Waals surface area (Å²) in [6.45, 7) is 4.75. The number of hydrogen-bond acceptors (Lipinski definition) is 4. The third-order valence-electron chi connectivity index (χ3n) is 6.54. The number of sulfonamides is 1. The Balaban J connectivity index is 1.44. The number of carbonyl (C=O) groups is 1. The molecule has 0 atom stereocenters. The zero-order valence-corrected chi connectivity index (χ0v) is 20.9. The lowest BCUT2D eigenvalue weighted by Crippen LogP contribution is -2.48. The van der Waals surface area contributed by atoms with E-state index in [2.05, 4.69) is 23.1 Å². The van der Waals surface area contributed by atoms with Crippen LogP contribution in [0.4, 0.5) is 0 Å². The first-order valence-electron chi connectivity index (χ1n) is 12.0.